The first-order chi connectivity index (χ1) is 9.47. The van der Waals surface area contributed by atoms with Gasteiger partial charge in [0.2, 0.25) is 5.91 Å². The van der Waals surface area contributed by atoms with Crippen molar-refractivity contribution < 1.29 is 4.79 Å². The largest absolute Gasteiger partial charge is 0.389 e. The van der Waals surface area contributed by atoms with Gasteiger partial charge < -0.3 is 11.1 Å². The van der Waals surface area contributed by atoms with Crippen LogP contribution in [0.5, 0.6) is 0 Å². The number of anilines is 1. The third kappa shape index (κ3) is 4.90. The molecule has 0 spiro atoms. The van der Waals surface area contributed by atoms with Crippen molar-refractivity contribution in [1.29, 1.82) is 0 Å². The van der Waals surface area contributed by atoms with Crippen LogP contribution in [-0.2, 0) is 4.79 Å². The molecule has 0 radical (unpaired) electrons. The average Bonchev–Trinajstić information content (AvgIpc) is 2.40. The molecule has 0 heterocycles. The first kappa shape index (κ1) is 16.6. The normalized spacial score (nSPS) is 10.8. The third-order valence-electron chi connectivity index (χ3n) is 3.39. The second-order valence-electron chi connectivity index (χ2n) is 4.88. The van der Waals surface area contributed by atoms with Crippen LogP contribution in [0.1, 0.15) is 32.3 Å². The minimum atomic E-state index is -0.0283. The van der Waals surface area contributed by atoms with E-state index in [4.69, 9.17) is 18.0 Å². The summed E-state index contributed by atoms with van der Waals surface area (Å²) in [6.07, 6.45) is 2.08. The second kappa shape index (κ2) is 7.97. The lowest BCUT2D eigenvalue weighted by molar-refractivity contribution is -0.117. The minimum absolute atomic E-state index is 0.0283. The molecule has 0 atom stereocenters. The van der Waals surface area contributed by atoms with Crippen molar-refractivity contribution >= 4 is 28.8 Å². The maximum atomic E-state index is 12.0. The molecule has 5 heteroatoms. The fourth-order valence-corrected chi connectivity index (χ4v) is 2.35. The molecule has 4 nitrogen and oxygen atoms in total. The first-order valence-corrected chi connectivity index (χ1v) is 7.28. The number of hydrogen-bond donors (Lipinski definition) is 2. The highest BCUT2D eigenvalue weighted by Gasteiger charge is 2.14. The van der Waals surface area contributed by atoms with Crippen LogP contribution >= 0.6 is 12.2 Å². The SMILES string of the molecule is CCC(CC)N(C)CC(=O)Nc1cccc(C(N)=S)c1. The van der Waals surface area contributed by atoms with Crippen LogP contribution in [-0.4, -0.2) is 35.4 Å². The monoisotopic (exact) mass is 293 g/mol. The molecule has 0 aromatic heterocycles. The van der Waals surface area contributed by atoms with Crippen molar-refractivity contribution in [3.63, 3.8) is 0 Å². The molecule has 0 aliphatic heterocycles. The predicted octanol–water partition coefficient (Wildman–Crippen LogP) is 2.38. The number of carbonyl (C=O) groups excluding carboxylic acids is 1. The van der Waals surface area contributed by atoms with Gasteiger partial charge in [0, 0.05) is 17.3 Å². The Hall–Kier alpha value is -1.46. The van der Waals surface area contributed by atoms with Gasteiger partial charge in [-0.3, -0.25) is 9.69 Å². The molecule has 0 unspecified atom stereocenters. The van der Waals surface area contributed by atoms with E-state index in [-0.39, 0.29) is 5.91 Å². The molecule has 0 aliphatic rings. The standard InChI is InChI=1S/C15H23N3OS/c1-4-13(5-2)18(3)10-14(19)17-12-8-6-7-11(9-12)15(16)20/h6-9,13H,4-5,10H2,1-3H3,(H2,16,20)(H,17,19). The van der Waals surface area contributed by atoms with Gasteiger partial charge in [0.25, 0.3) is 0 Å². The number of hydrogen-bond acceptors (Lipinski definition) is 3. The van der Waals surface area contributed by atoms with Crippen molar-refractivity contribution in [1.82, 2.24) is 4.90 Å². The summed E-state index contributed by atoms with van der Waals surface area (Å²) in [6.45, 7) is 4.64. The zero-order valence-corrected chi connectivity index (χ0v) is 13.2. The summed E-state index contributed by atoms with van der Waals surface area (Å²) >= 11 is 4.93. The zero-order valence-electron chi connectivity index (χ0n) is 12.3. The summed E-state index contributed by atoms with van der Waals surface area (Å²) in [4.78, 5) is 14.4. The van der Waals surface area contributed by atoms with Gasteiger partial charge in [0.05, 0.1) is 6.54 Å². The van der Waals surface area contributed by atoms with Crippen LogP contribution in [0.3, 0.4) is 0 Å². The van der Waals surface area contributed by atoms with E-state index in [1.807, 2.05) is 25.2 Å². The Morgan fingerprint density at radius 2 is 2.05 bits per heavy atom. The van der Waals surface area contributed by atoms with Gasteiger partial charge in [-0.15, -0.1) is 0 Å². The quantitative estimate of drug-likeness (QED) is 0.758. The molecular weight excluding hydrogens is 270 g/mol. The summed E-state index contributed by atoms with van der Waals surface area (Å²) in [7, 11) is 1.97. The molecule has 1 aromatic carbocycles. The van der Waals surface area contributed by atoms with Crippen LogP contribution in [0.15, 0.2) is 24.3 Å². The summed E-state index contributed by atoms with van der Waals surface area (Å²) in [5.74, 6) is -0.0283. The number of nitrogens with two attached hydrogens (primary N) is 1. The number of nitrogens with one attached hydrogen (secondary N) is 1. The lowest BCUT2D eigenvalue weighted by Gasteiger charge is -2.25. The van der Waals surface area contributed by atoms with E-state index >= 15 is 0 Å². The number of benzene rings is 1. The van der Waals surface area contributed by atoms with Crippen molar-refractivity contribution in [2.75, 3.05) is 18.9 Å². The Kier molecular flexibility index (Phi) is 6.61. The molecule has 0 aliphatic carbocycles. The maximum Gasteiger partial charge on any atom is 0.238 e. The van der Waals surface area contributed by atoms with Gasteiger partial charge in [-0.1, -0.05) is 38.2 Å². The molecular formula is C15H23N3OS. The molecule has 110 valence electrons. The molecule has 1 amide bonds. The summed E-state index contributed by atoms with van der Waals surface area (Å²) in [6, 6.07) is 7.71. The van der Waals surface area contributed by atoms with E-state index in [0.717, 1.165) is 24.1 Å². The van der Waals surface area contributed by atoms with Gasteiger partial charge in [-0.05, 0) is 32.0 Å². The van der Waals surface area contributed by atoms with Gasteiger partial charge in [0.15, 0.2) is 0 Å². The Morgan fingerprint density at radius 3 is 2.60 bits per heavy atom. The fourth-order valence-electron chi connectivity index (χ4n) is 2.22. The van der Waals surface area contributed by atoms with E-state index in [1.165, 1.54) is 0 Å². The minimum Gasteiger partial charge on any atom is -0.389 e. The van der Waals surface area contributed by atoms with Gasteiger partial charge >= 0.3 is 0 Å². The maximum absolute atomic E-state index is 12.0. The molecule has 0 saturated heterocycles. The number of nitrogens with zero attached hydrogens (tertiary/aromatic N) is 1. The number of amides is 1. The van der Waals surface area contributed by atoms with Crippen LogP contribution in [0.25, 0.3) is 0 Å². The summed E-state index contributed by atoms with van der Waals surface area (Å²) < 4.78 is 0. The summed E-state index contributed by atoms with van der Waals surface area (Å²) in [5, 5.41) is 2.88. The van der Waals surface area contributed by atoms with Crippen LogP contribution in [0.4, 0.5) is 5.69 Å². The number of likely N-dealkylation sites (N-methyl/N-ethyl adjacent to an activating group) is 1. The second-order valence-corrected chi connectivity index (χ2v) is 5.32. The number of thiocarbonyl (C=S) groups is 1. The molecule has 1 aromatic rings. The van der Waals surface area contributed by atoms with Gasteiger partial charge in [-0.2, -0.15) is 0 Å². The predicted molar refractivity (Wildman–Crippen MR) is 88.0 cm³/mol. The lowest BCUT2D eigenvalue weighted by Crippen LogP contribution is -2.37. The highest BCUT2D eigenvalue weighted by atomic mass is 32.1. The van der Waals surface area contributed by atoms with Crippen LogP contribution < -0.4 is 11.1 Å². The average molecular weight is 293 g/mol. The van der Waals surface area contributed by atoms with E-state index < -0.39 is 0 Å². The van der Waals surface area contributed by atoms with Crippen molar-refractivity contribution in [2.45, 2.75) is 32.7 Å². The molecule has 1 rings (SSSR count). The molecule has 0 saturated carbocycles. The van der Waals surface area contributed by atoms with E-state index in [9.17, 15) is 4.79 Å². The Morgan fingerprint density at radius 1 is 1.40 bits per heavy atom. The molecule has 20 heavy (non-hydrogen) atoms. The Balaban J connectivity index is 2.62. The van der Waals surface area contributed by atoms with E-state index in [1.54, 1.807) is 6.07 Å². The number of carbonyl (C=O) groups is 1. The van der Waals surface area contributed by atoms with E-state index in [2.05, 4.69) is 24.1 Å². The van der Waals surface area contributed by atoms with Crippen molar-refractivity contribution in [2.24, 2.45) is 5.73 Å². The lowest BCUT2D eigenvalue weighted by atomic mass is 10.1. The highest BCUT2D eigenvalue weighted by molar-refractivity contribution is 7.80. The van der Waals surface area contributed by atoms with Gasteiger partial charge in [0.1, 0.15) is 4.99 Å². The number of rotatable bonds is 7. The molecule has 0 bridgehead atoms. The van der Waals surface area contributed by atoms with Crippen LogP contribution in [0.2, 0.25) is 0 Å². The van der Waals surface area contributed by atoms with E-state index in [0.29, 0.717) is 17.6 Å². The van der Waals surface area contributed by atoms with Crippen molar-refractivity contribution in [3.8, 4) is 0 Å². The smallest absolute Gasteiger partial charge is 0.238 e. The topological polar surface area (TPSA) is 58.4 Å². The molecule has 3 N–H and O–H groups in total. The fraction of sp³-hybridized carbons (Fsp3) is 0.467. The van der Waals surface area contributed by atoms with Crippen LogP contribution in [0, 0.1) is 0 Å². The van der Waals surface area contributed by atoms with Gasteiger partial charge in [-0.25, -0.2) is 0 Å². The Bertz CT molecular complexity index is 472. The highest BCUT2D eigenvalue weighted by Crippen LogP contribution is 2.11. The third-order valence-corrected chi connectivity index (χ3v) is 3.63. The first-order valence-electron chi connectivity index (χ1n) is 6.87. The Labute approximate surface area is 126 Å². The summed E-state index contributed by atoms with van der Waals surface area (Å²) in [5.41, 5.74) is 7.06. The van der Waals surface area contributed by atoms with Crippen molar-refractivity contribution in [3.05, 3.63) is 29.8 Å². The zero-order chi connectivity index (χ0) is 15.1. The molecule has 0 fully saturated rings.